The van der Waals surface area contributed by atoms with E-state index in [4.69, 9.17) is 9.47 Å². The third kappa shape index (κ3) is 6.28. The molecule has 0 saturated carbocycles. The molecule has 0 spiro atoms. The molecule has 0 saturated heterocycles. The summed E-state index contributed by atoms with van der Waals surface area (Å²) in [6.07, 6.45) is -4.50. The van der Waals surface area contributed by atoms with Crippen LogP contribution >= 0.6 is 0 Å². The molecule has 0 radical (unpaired) electrons. The monoisotopic (exact) mass is 385 g/mol. The lowest BCUT2D eigenvalue weighted by Crippen LogP contribution is -2.31. The summed E-state index contributed by atoms with van der Waals surface area (Å²) in [4.78, 5) is 23.3. The van der Waals surface area contributed by atoms with Crippen molar-refractivity contribution in [3.05, 3.63) is 65.5 Å². The Labute approximate surface area is 151 Å². The van der Waals surface area contributed by atoms with Gasteiger partial charge in [0, 0.05) is 5.56 Å². The average molecular weight is 385 g/mol. The molecule has 0 aliphatic rings. The van der Waals surface area contributed by atoms with Gasteiger partial charge in [-0.3, -0.25) is 9.59 Å². The van der Waals surface area contributed by atoms with Crippen molar-refractivity contribution in [3.63, 3.8) is 0 Å². The van der Waals surface area contributed by atoms with Crippen LogP contribution in [0.25, 0.3) is 0 Å². The second-order valence-corrected chi connectivity index (χ2v) is 5.26. The summed E-state index contributed by atoms with van der Waals surface area (Å²) in [7, 11) is 0. The molecular weight excluding hydrogens is 370 g/mol. The van der Waals surface area contributed by atoms with Gasteiger partial charge in [0.05, 0.1) is 5.56 Å². The van der Waals surface area contributed by atoms with Gasteiger partial charge in [-0.1, -0.05) is 12.1 Å². The topological polar surface area (TPSA) is 64.6 Å². The number of carbonyl (C=O) groups is 2. The van der Waals surface area contributed by atoms with E-state index >= 15 is 0 Å². The van der Waals surface area contributed by atoms with Gasteiger partial charge in [0.15, 0.2) is 11.6 Å². The molecule has 5 nitrogen and oxygen atoms in total. The number of carbonyl (C=O) groups excluding carboxylic acids is 2. The van der Waals surface area contributed by atoms with Crippen LogP contribution in [0.5, 0.6) is 5.75 Å². The summed E-state index contributed by atoms with van der Waals surface area (Å²) >= 11 is 0. The Balaban J connectivity index is 1.70. The van der Waals surface area contributed by atoms with Crippen LogP contribution < -0.4 is 10.1 Å². The fourth-order valence-corrected chi connectivity index (χ4v) is 1.99. The van der Waals surface area contributed by atoms with E-state index in [1.807, 2.05) is 0 Å². The lowest BCUT2D eigenvalue weighted by atomic mass is 10.1. The van der Waals surface area contributed by atoms with Gasteiger partial charge in [-0.2, -0.15) is 13.2 Å². The Bertz CT molecular complexity index is 791. The van der Waals surface area contributed by atoms with Crippen LogP contribution in [0.3, 0.4) is 0 Å². The minimum atomic E-state index is -4.50. The van der Waals surface area contributed by atoms with Crippen LogP contribution in [0.2, 0.25) is 0 Å². The number of hydrogen-bond donors (Lipinski definition) is 1. The highest BCUT2D eigenvalue weighted by atomic mass is 19.4. The minimum Gasteiger partial charge on any atom is -0.487 e. The fourth-order valence-electron chi connectivity index (χ4n) is 1.99. The molecule has 0 fully saturated rings. The molecule has 144 valence electrons. The molecule has 1 N–H and O–H groups in total. The Hall–Kier alpha value is -3.10. The molecule has 2 aromatic carbocycles. The number of halogens is 4. The number of hydrogen-bond acceptors (Lipinski definition) is 4. The molecule has 2 aromatic rings. The van der Waals surface area contributed by atoms with Crippen molar-refractivity contribution in [2.45, 2.75) is 6.18 Å². The van der Waals surface area contributed by atoms with E-state index < -0.39 is 36.0 Å². The Morgan fingerprint density at radius 3 is 2.26 bits per heavy atom. The lowest BCUT2D eigenvalue weighted by molar-refractivity contribution is -0.143. The average Bonchev–Trinajstić information content (AvgIpc) is 2.64. The number of benzene rings is 2. The van der Waals surface area contributed by atoms with Crippen LogP contribution in [0, 0.1) is 5.82 Å². The summed E-state index contributed by atoms with van der Waals surface area (Å²) in [6, 6.07) is 9.28. The maximum absolute atomic E-state index is 13.3. The van der Waals surface area contributed by atoms with Gasteiger partial charge in [-0.05, 0) is 36.4 Å². The molecule has 0 atom stereocenters. The summed E-state index contributed by atoms with van der Waals surface area (Å²) in [5.41, 5.74) is -0.910. The molecule has 2 rings (SSSR count). The first-order valence-electron chi connectivity index (χ1n) is 7.76. The van der Waals surface area contributed by atoms with Crippen LogP contribution in [0.1, 0.15) is 15.9 Å². The van der Waals surface area contributed by atoms with Crippen LogP contribution in [-0.4, -0.2) is 31.6 Å². The first kappa shape index (κ1) is 20.2. The van der Waals surface area contributed by atoms with Crippen molar-refractivity contribution < 1.29 is 36.6 Å². The van der Waals surface area contributed by atoms with Gasteiger partial charge in [-0.15, -0.1) is 0 Å². The molecule has 1 amide bonds. The zero-order valence-electron chi connectivity index (χ0n) is 13.9. The number of alkyl halides is 3. The van der Waals surface area contributed by atoms with Crippen molar-refractivity contribution in [2.75, 3.05) is 19.8 Å². The summed E-state index contributed by atoms with van der Waals surface area (Å²) in [5, 5.41) is 2.23. The maximum atomic E-state index is 13.3. The number of para-hydroxylation sites is 1. The third-order valence-electron chi connectivity index (χ3n) is 3.31. The largest absolute Gasteiger partial charge is 0.487 e. The normalized spacial score (nSPS) is 11.0. The van der Waals surface area contributed by atoms with Crippen LogP contribution in [0.15, 0.2) is 48.5 Å². The molecule has 9 heteroatoms. The summed E-state index contributed by atoms with van der Waals surface area (Å²) in [5.74, 6) is -2.02. The Kier molecular flexibility index (Phi) is 6.75. The van der Waals surface area contributed by atoms with Gasteiger partial charge >= 0.3 is 12.1 Å². The van der Waals surface area contributed by atoms with Gasteiger partial charge in [0.25, 0.3) is 5.91 Å². The van der Waals surface area contributed by atoms with E-state index in [0.29, 0.717) is 0 Å². The lowest BCUT2D eigenvalue weighted by Gasteiger charge is -2.09. The van der Waals surface area contributed by atoms with E-state index in [0.717, 1.165) is 24.3 Å². The summed E-state index contributed by atoms with van der Waals surface area (Å²) in [6.45, 7) is -0.720. The van der Waals surface area contributed by atoms with Crippen molar-refractivity contribution in [1.29, 1.82) is 0 Å². The third-order valence-corrected chi connectivity index (χ3v) is 3.31. The predicted octanol–water partition coefficient (Wildman–Crippen LogP) is 3.20. The van der Waals surface area contributed by atoms with Gasteiger partial charge < -0.3 is 14.8 Å². The molecule has 0 bridgehead atoms. The quantitative estimate of drug-likeness (QED) is 0.452. The van der Waals surface area contributed by atoms with Crippen molar-refractivity contribution in [1.82, 2.24) is 5.32 Å². The predicted molar refractivity (Wildman–Crippen MR) is 86.6 cm³/mol. The van der Waals surface area contributed by atoms with E-state index in [1.54, 1.807) is 6.07 Å². The number of amides is 1. The number of rotatable bonds is 7. The zero-order chi connectivity index (χ0) is 19.9. The Morgan fingerprint density at radius 1 is 0.963 bits per heavy atom. The minimum absolute atomic E-state index is 0.0177. The molecule has 0 unspecified atom stereocenters. The highest BCUT2D eigenvalue weighted by molar-refractivity contribution is 5.95. The number of nitrogens with one attached hydrogen (secondary N) is 1. The smallest absolute Gasteiger partial charge is 0.416 e. The SMILES string of the molecule is O=C(CNC(=O)c1ccc(C(F)(F)F)cc1)OCCOc1ccccc1F. The molecule has 0 heterocycles. The van der Waals surface area contributed by atoms with Gasteiger partial charge in [-0.25, -0.2) is 4.39 Å². The number of esters is 1. The second kappa shape index (κ2) is 9.02. The van der Waals surface area contributed by atoms with E-state index in [1.165, 1.54) is 18.2 Å². The van der Waals surface area contributed by atoms with Gasteiger partial charge in [0.2, 0.25) is 0 Å². The number of ether oxygens (including phenoxy) is 2. The Morgan fingerprint density at radius 2 is 1.63 bits per heavy atom. The highest BCUT2D eigenvalue weighted by Crippen LogP contribution is 2.29. The van der Waals surface area contributed by atoms with Crippen molar-refractivity contribution >= 4 is 11.9 Å². The first-order valence-corrected chi connectivity index (χ1v) is 7.76. The summed E-state index contributed by atoms with van der Waals surface area (Å²) < 4.78 is 60.6. The van der Waals surface area contributed by atoms with E-state index in [2.05, 4.69) is 5.32 Å². The van der Waals surface area contributed by atoms with E-state index in [9.17, 15) is 27.2 Å². The van der Waals surface area contributed by atoms with Crippen LogP contribution in [0.4, 0.5) is 17.6 Å². The molecular formula is C18H15F4NO4. The van der Waals surface area contributed by atoms with Gasteiger partial charge in [0.1, 0.15) is 19.8 Å². The zero-order valence-corrected chi connectivity index (χ0v) is 13.9. The van der Waals surface area contributed by atoms with E-state index in [-0.39, 0.29) is 24.5 Å². The maximum Gasteiger partial charge on any atom is 0.416 e. The first-order chi connectivity index (χ1) is 12.8. The molecule has 0 aromatic heterocycles. The second-order valence-electron chi connectivity index (χ2n) is 5.26. The molecule has 27 heavy (non-hydrogen) atoms. The van der Waals surface area contributed by atoms with Crippen molar-refractivity contribution in [2.24, 2.45) is 0 Å². The molecule has 0 aliphatic heterocycles. The standard InChI is InChI=1S/C18H15F4NO4/c19-14-3-1-2-4-15(14)26-9-10-27-16(24)11-23-17(25)12-5-7-13(8-6-12)18(20,21)22/h1-8H,9-11H2,(H,23,25). The van der Waals surface area contributed by atoms with Crippen LogP contribution in [-0.2, 0) is 15.7 Å². The fraction of sp³-hybridized carbons (Fsp3) is 0.222. The highest BCUT2D eigenvalue weighted by Gasteiger charge is 2.30. The van der Waals surface area contributed by atoms with Crippen molar-refractivity contribution in [3.8, 4) is 5.75 Å². The molecule has 0 aliphatic carbocycles.